The lowest BCUT2D eigenvalue weighted by Crippen LogP contribution is -2.45. The Kier molecular flexibility index (Phi) is 4.86. The number of H-pyrrole nitrogens is 1. The molecule has 5 heteroatoms. The molecule has 1 aromatic carbocycles. The number of aryl methyl sites for hydroxylation is 1. The Hall–Kier alpha value is -2.01. The number of urea groups is 1. The number of aromatic amines is 1. The van der Waals surface area contributed by atoms with Gasteiger partial charge in [0, 0.05) is 34.9 Å². The molecule has 0 saturated heterocycles. The number of benzene rings is 1. The summed E-state index contributed by atoms with van der Waals surface area (Å²) in [6, 6.07) is 8.07. The van der Waals surface area contributed by atoms with E-state index in [-0.39, 0.29) is 18.7 Å². The minimum atomic E-state index is -0.113. The van der Waals surface area contributed by atoms with Crippen LogP contribution in [0.2, 0.25) is 0 Å². The first-order valence-corrected chi connectivity index (χ1v) is 8.45. The van der Waals surface area contributed by atoms with Crippen molar-refractivity contribution in [2.75, 3.05) is 18.5 Å². The predicted octanol–water partition coefficient (Wildman–Crippen LogP) is 3.64. The SMILES string of the molecule is Cc1cc2cc(NC(=O)N(CCO)C3CCCCC3)ccc2[nH]1. The molecule has 0 radical (unpaired) electrons. The number of anilines is 1. The lowest BCUT2D eigenvalue weighted by Gasteiger charge is -2.34. The van der Waals surface area contributed by atoms with Gasteiger partial charge in [0.25, 0.3) is 0 Å². The van der Waals surface area contributed by atoms with Crippen molar-refractivity contribution in [3.63, 3.8) is 0 Å². The molecule has 2 aromatic rings. The summed E-state index contributed by atoms with van der Waals surface area (Å²) < 4.78 is 0. The summed E-state index contributed by atoms with van der Waals surface area (Å²) in [5.74, 6) is 0. The van der Waals surface area contributed by atoms with Gasteiger partial charge in [0.1, 0.15) is 0 Å². The van der Waals surface area contributed by atoms with Gasteiger partial charge in [-0.3, -0.25) is 0 Å². The zero-order valence-corrected chi connectivity index (χ0v) is 13.6. The first-order chi connectivity index (χ1) is 11.2. The molecule has 0 spiro atoms. The van der Waals surface area contributed by atoms with Crippen LogP contribution in [-0.2, 0) is 0 Å². The average molecular weight is 315 g/mol. The molecule has 0 bridgehead atoms. The van der Waals surface area contributed by atoms with Crippen LogP contribution in [0.5, 0.6) is 0 Å². The minimum absolute atomic E-state index is 0.0000394. The summed E-state index contributed by atoms with van der Waals surface area (Å²) >= 11 is 0. The first kappa shape index (κ1) is 15.9. The maximum atomic E-state index is 12.6. The second-order valence-corrected chi connectivity index (χ2v) is 6.39. The van der Waals surface area contributed by atoms with Crippen molar-refractivity contribution in [1.29, 1.82) is 0 Å². The van der Waals surface area contributed by atoms with Gasteiger partial charge < -0.3 is 20.3 Å². The van der Waals surface area contributed by atoms with Crippen LogP contribution in [0.25, 0.3) is 10.9 Å². The topological polar surface area (TPSA) is 68.4 Å². The Morgan fingerprint density at radius 1 is 1.30 bits per heavy atom. The van der Waals surface area contributed by atoms with Crippen molar-refractivity contribution in [3.05, 3.63) is 30.0 Å². The van der Waals surface area contributed by atoms with Crippen molar-refractivity contribution in [3.8, 4) is 0 Å². The molecule has 3 rings (SSSR count). The number of carbonyl (C=O) groups is 1. The quantitative estimate of drug-likeness (QED) is 0.806. The standard InChI is InChI=1S/C18H25N3O2/c1-13-11-14-12-15(7-8-17(14)19-13)20-18(23)21(9-10-22)16-5-3-2-4-6-16/h7-8,11-12,16,19,22H,2-6,9-10H2,1H3,(H,20,23). The van der Waals surface area contributed by atoms with Crippen LogP contribution < -0.4 is 5.32 Å². The number of aromatic nitrogens is 1. The molecule has 3 N–H and O–H groups in total. The fourth-order valence-electron chi connectivity index (χ4n) is 3.50. The van der Waals surface area contributed by atoms with Crippen molar-refractivity contribution < 1.29 is 9.90 Å². The predicted molar refractivity (Wildman–Crippen MR) is 92.7 cm³/mol. The molecule has 1 aromatic heterocycles. The van der Waals surface area contributed by atoms with Crippen LogP contribution in [0.1, 0.15) is 37.8 Å². The Bertz CT molecular complexity index is 674. The highest BCUT2D eigenvalue weighted by molar-refractivity contribution is 5.93. The van der Waals surface area contributed by atoms with Crippen LogP contribution in [-0.4, -0.2) is 40.2 Å². The summed E-state index contributed by atoms with van der Waals surface area (Å²) in [7, 11) is 0. The molecule has 23 heavy (non-hydrogen) atoms. The molecule has 0 aliphatic heterocycles. The van der Waals surface area contributed by atoms with Gasteiger partial charge in [0.2, 0.25) is 0 Å². The number of rotatable bonds is 4. The lowest BCUT2D eigenvalue weighted by atomic mass is 9.94. The van der Waals surface area contributed by atoms with E-state index < -0.39 is 0 Å². The Morgan fingerprint density at radius 2 is 2.09 bits per heavy atom. The number of hydrogen-bond acceptors (Lipinski definition) is 2. The Balaban J connectivity index is 1.73. The zero-order chi connectivity index (χ0) is 16.2. The maximum Gasteiger partial charge on any atom is 0.322 e. The lowest BCUT2D eigenvalue weighted by molar-refractivity contribution is 0.144. The van der Waals surface area contributed by atoms with Gasteiger partial charge >= 0.3 is 6.03 Å². The largest absolute Gasteiger partial charge is 0.395 e. The van der Waals surface area contributed by atoms with Crippen LogP contribution in [0.3, 0.4) is 0 Å². The summed E-state index contributed by atoms with van der Waals surface area (Å²) in [6.07, 6.45) is 5.63. The molecule has 5 nitrogen and oxygen atoms in total. The number of amides is 2. The van der Waals surface area contributed by atoms with E-state index in [9.17, 15) is 9.90 Å². The summed E-state index contributed by atoms with van der Waals surface area (Å²) in [4.78, 5) is 17.7. The highest BCUT2D eigenvalue weighted by Gasteiger charge is 2.25. The van der Waals surface area contributed by atoms with Crippen LogP contribution in [0.4, 0.5) is 10.5 Å². The number of nitrogens with zero attached hydrogens (tertiary/aromatic N) is 1. The fourth-order valence-corrected chi connectivity index (χ4v) is 3.50. The van der Waals surface area contributed by atoms with Crippen molar-refractivity contribution in [2.24, 2.45) is 0 Å². The smallest absolute Gasteiger partial charge is 0.322 e. The van der Waals surface area contributed by atoms with Gasteiger partial charge in [-0.2, -0.15) is 0 Å². The number of aliphatic hydroxyl groups is 1. The molecular formula is C18H25N3O2. The summed E-state index contributed by atoms with van der Waals surface area (Å²) in [5, 5.41) is 13.4. The third-order valence-corrected chi connectivity index (χ3v) is 4.62. The molecule has 0 unspecified atom stereocenters. The van der Waals surface area contributed by atoms with Crippen molar-refractivity contribution in [2.45, 2.75) is 45.1 Å². The average Bonchev–Trinajstić information content (AvgIpc) is 2.92. The molecular weight excluding hydrogens is 290 g/mol. The molecule has 2 amide bonds. The summed E-state index contributed by atoms with van der Waals surface area (Å²) in [5.41, 5.74) is 2.97. The Labute approximate surface area is 136 Å². The van der Waals surface area contributed by atoms with E-state index in [1.165, 1.54) is 6.42 Å². The van der Waals surface area contributed by atoms with E-state index in [2.05, 4.69) is 16.4 Å². The number of fused-ring (bicyclic) bond motifs is 1. The molecule has 1 aliphatic carbocycles. The second kappa shape index (κ2) is 7.04. The number of carbonyl (C=O) groups excluding carboxylic acids is 1. The molecule has 124 valence electrons. The fraction of sp³-hybridized carbons (Fsp3) is 0.500. The highest BCUT2D eigenvalue weighted by atomic mass is 16.3. The number of aliphatic hydroxyl groups excluding tert-OH is 1. The van der Waals surface area contributed by atoms with Gasteiger partial charge in [0.15, 0.2) is 0 Å². The van der Waals surface area contributed by atoms with Crippen LogP contribution in [0.15, 0.2) is 24.3 Å². The van der Waals surface area contributed by atoms with E-state index in [1.807, 2.05) is 25.1 Å². The van der Waals surface area contributed by atoms with E-state index in [1.54, 1.807) is 4.90 Å². The zero-order valence-electron chi connectivity index (χ0n) is 13.6. The maximum absolute atomic E-state index is 12.6. The third-order valence-electron chi connectivity index (χ3n) is 4.62. The highest BCUT2D eigenvalue weighted by Crippen LogP contribution is 2.24. The van der Waals surface area contributed by atoms with Crippen LogP contribution >= 0.6 is 0 Å². The molecule has 1 heterocycles. The number of hydrogen-bond donors (Lipinski definition) is 3. The first-order valence-electron chi connectivity index (χ1n) is 8.45. The van der Waals surface area contributed by atoms with Crippen molar-refractivity contribution in [1.82, 2.24) is 9.88 Å². The molecule has 1 fully saturated rings. The minimum Gasteiger partial charge on any atom is -0.395 e. The van der Waals surface area contributed by atoms with E-state index in [4.69, 9.17) is 0 Å². The second-order valence-electron chi connectivity index (χ2n) is 6.39. The van der Waals surface area contributed by atoms with E-state index >= 15 is 0 Å². The molecule has 0 atom stereocenters. The van der Waals surface area contributed by atoms with Gasteiger partial charge in [-0.1, -0.05) is 19.3 Å². The van der Waals surface area contributed by atoms with E-state index in [0.29, 0.717) is 6.54 Å². The van der Waals surface area contributed by atoms with Gasteiger partial charge in [-0.25, -0.2) is 4.79 Å². The number of nitrogens with one attached hydrogen (secondary N) is 2. The van der Waals surface area contributed by atoms with Gasteiger partial charge in [0.05, 0.1) is 6.61 Å². The normalized spacial score (nSPS) is 15.7. The van der Waals surface area contributed by atoms with Gasteiger partial charge in [-0.15, -0.1) is 0 Å². The van der Waals surface area contributed by atoms with E-state index in [0.717, 1.165) is 48.0 Å². The van der Waals surface area contributed by atoms with Crippen LogP contribution in [0, 0.1) is 6.92 Å². The molecule has 1 aliphatic rings. The molecule has 1 saturated carbocycles. The Morgan fingerprint density at radius 3 is 2.83 bits per heavy atom. The summed E-state index contributed by atoms with van der Waals surface area (Å²) in [6.45, 7) is 2.41. The van der Waals surface area contributed by atoms with Gasteiger partial charge in [-0.05, 0) is 44.0 Å². The third kappa shape index (κ3) is 3.67. The monoisotopic (exact) mass is 315 g/mol. The van der Waals surface area contributed by atoms with Crippen molar-refractivity contribution >= 4 is 22.6 Å².